The van der Waals surface area contributed by atoms with E-state index in [1.54, 1.807) is 12.1 Å². The van der Waals surface area contributed by atoms with Gasteiger partial charge in [0.05, 0.1) is 6.04 Å². The highest BCUT2D eigenvalue weighted by Crippen LogP contribution is 2.26. The first-order valence-corrected chi connectivity index (χ1v) is 5.44. The zero-order chi connectivity index (χ0) is 12.8. The summed E-state index contributed by atoms with van der Waals surface area (Å²) in [6, 6.07) is 4.81. The van der Waals surface area contributed by atoms with E-state index in [1.165, 1.54) is 0 Å². The fourth-order valence-electron chi connectivity index (χ4n) is 1.49. The maximum absolute atomic E-state index is 10.5. The van der Waals surface area contributed by atoms with Crippen LogP contribution in [-0.2, 0) is 4.79 Å². The van der Waals surface area contributed by atoms with Crippen molar-refractivity contribution in [3.8, 4) is 0 Å². The van der Waals surface area contributed by atoms with Crippen LogP contribution < -0.4 is 0 Å². The monoisotopic (exact) mass is 253 g/mol. The summed E-state index contributed by atoms with van der Waals surface area (Å²) in [5.41, 5.74) is 10.1. The van der Waals surface area contributed by atoms with Crippen molar-refractivity contribution >= 4 is 17.6 Å². The van der Waals surface area contributed by atoms with Gasteiger partial charge in [0.15, 0.2) is 0 Å². The molecule has 0 spiro atoms. The van der Waals surface area contributed by atoms with E-state index < -0.39 is 12.0 Å². The highest BCUT2D eigenvalue weighted by molar-refractivity contribution is 6.31. The molecule has 1 atom stereocenters. The van der Waals surface area contributed by atoms with Crippen molar-refractivity contribution in [2.45, 2.75) is 25.8 Å². The first kappa shape index (κ1) is 13.4. The van der Waals surface area contributed by atoms with E-state index in [4.69, 9.17) is 22.2 Å². The van der Waals surface area contributed by atoms with Gasteiger partial charge in [0, 0.05) is 16.4 Å². The molecule has 1 aromatic rings. The number of carbonyl (C=O) groups is 1. The topological polar surface area (TPSA) is 86.1 Å². The quantitative estimate of drug-likeness (QED) is 0.491. The number of carboxylic acids is 1. The smallest absolute Gasteiger partial charge is 0.303 e. The number of benzene rings is 1. The van der Waals surface area contributed by atoms with E-state index in [-0.39, 0.29) is 12.8 Å². The van der Waals surface area contributed by atoms with E-state index in [9.17, 15) is 4.79 Å². The SMILES string of the molecule is Cc1cc(C(CCC(=O)O)N=[N+]=[N-])ccc1Cl. The van der Waals surface area contributed by atoms with Crippen LogP contribution in [0, 0.1) is 6.92 Å². The number of aryl methyl sites for hydroxylation is 1. The molecule has 0 aliphatic heterocycles. The van der Waals surface area contributed by atoms with Crippen LogP contribution in [0.15, 0.2) is 23.3 Å². The van der Waals surface area contributed by atoms with E-state index in [0.717, 1.165) is 11.1 Å². The lowest BCUT2D eigenvalue weighted by atomic mass is 10.0. The Morgan fingerprint density at radius 3 is 2.88 bits per heavy atom. The first-order valence-electron chi connectivity index (χ1n) is 5.06. The van der Waals surface area contributed by atoms with E-state index >= 15 is 0 Å². The second kappa shape index (κ2) is 6.13. The van der Waals surface area contributed by atoms with Crippen molar-refractivity contribution in [2.75, 3.05) is 0 Å². The van der Waals surface area contributed by atoms with E-state index in [1.807, 2.05) is 13.0 Å². The molecule has 0 aliphatic rings. The van der Waals surface area contributed by atoms with Crippen LogP contribution in [0.2, 0.25) is 5.02 Å². The first-order chi connectivity index (χ1) is 8.04. The predicted molar refractivity (Wildman–Crippen MR) is 64.9 cm³/mol. The van der Waals surface area contributed by atoms with Gasteiger partial charge < -0.3 is 5.11 Å². The molecule has 17 heavy (non-hydrogen) atoms. The summed E-state index contributed by atoms with van der Waals surface area (Å²) in [6.45, 7) is 1.84. The van der Waals surface area contributed by atoms with E-state index in [0.29, 0.717) is 5.02 Å². The predicted octanol–water partition coefficient (Wildman–Crippen LogP) is 3.86. The Hall–Kier alpha value is -1.71. The average Bonchev–Trinajstić information content (AvgIpc) is 2.28. The van der Waals surface area contributed by atoms with Gasteiger partial charge in [-0.15, -0.1) is 0 Å². The van der Waals surface area contributed by atoms with Gasteiger partial charge in [-0.25, -0.2) is 0 Å². The lowest BCUT2D eigenvalue weighted by molar-refractivity contribution is -0.137. The maximum atomic E-state index is 10.5. The summed E-state index contributed by atoms with van der Waals surface area (Å²) in [7, 11) is 0. The molecule has 6 heteroatoms. The molecule has 0 bridgehead atoms. The minimum Gasteiger partial charge on any atom is -0.481 e. The summed E-state index contributed by atoms with van der Waals surface area (Å²) >= 11 is 5.89. The number of hydrogen-bond donors (Lipinski definition) is 1. The Morgan fingerprint density at radius 1 is 1.65 bits per heavy atom. The Kier molecular flexibility index (Phi) is 4.82. The zero-order valence-electron chi connectivity index (χ0n) is 9.30. The molecule has 1 aromatic carbocycles. The molecular formula is C11H12ClN3O2. The molecule has 0 amide bonds. The van der Waals surface area contributed by atoms with Crippen LogP contribution in [0.4, 0.5) is 0 Å². The molecule has 5 nitrogen and oxygen atoms in total. The average molecular weight is 254 g/mol. The minimum absolute atomic E-state index is 0.0363. The molecular weight excluding hydrogens is 242 g/mol. The standard InChI is InChI=1S/C11H12ClN3O2/c1-7-6-8(2-3-9(7)12)10(14-15-13)4-5-11(16)17/h2-3,6,10H,4-5H2,1H3,(H,16,17). The van der Waals surface area contributed by atoms with Crippen molar-refractivity contribution in [2.24, 2.45) is 5.11 Å². The van der Waals surface area contributed by atoms with Crippen LogP contribution >= 0.6 is 11.6 Å². The van der Waals surface area contributed by atoms with Crippen LogP contribution in [0.5, 0.6) is 0 Å². The Morgan fingerprint density at radius 2 is 2.35 bits per heavy atom. The molecule has 0 fully saturated rings. The molecule has 0 aromatic heterocycles. The third-order valence-electron chi connectivity index (χ3n) is 2.39. The van der Waals surface area contributed by atoms with Gasteiger partial charge in [-0.2, -0.15) is 0 Å². The van der Waals surface area contributed by atoms with Gasteiger partial charge in [-0.3, -0.25) is 4.79 Å². The number of aliphatic carboxylic acids is 1. The molecule has 90 valence electrons. The van der Waals surface area contributed by atoms with Crippen molar-refractivity contribution in [3.05, 3.63) is 44.8 Å². The molecule has 1 N–H and O–H groups in total. The summed E-state index contributed by atoms with van der Waals surface area (Å²) < 4.78 is 0. The molecule has 0 saturated carbocycles. The van der Waals surface area contributed by atoms with Gasteiger partial charge in [0.2, 0.25) is 0 Å². The number of rotatable bonds is 5. The molecule has 0 saturated heterocycles. The van der Waals surface area contributed by atoms with E-state index in [2.05, 4.69) is 10.0 Å². The summed E-state index contributed by atoms with van der Waals surface area (Å²) in [6.07, 6.45) is 0.242. The summed E-state index contributed by atoms with van der Waals surface area (Å²) in [4.78, 5) is 13.2. The lowest BCUT2D eigenvalue weighted by Crippen LogP contribution is -2.01. The van der Waals surface area contributed by atoms with Crippen molar-refractivity contribution < 1.29 is 9.90 Å². The van der Waals surface area contributed by atoms with Gasteiger partial charge in [-0.1, -0.05) is 28.8 Å². The number of carboxylic acid groups (broad SMARTS) is 1. The Bertz CT molecular complexity index is 470. The summed E-state index contributed by atoms with van der Waals surface area (Å²) in [5.74, 6) is -0.908. The largest absolute Gasteiger partial charge is 0.481 e. The van der Waals surface area contributed by atoms with Crippen molar-refractivity contribution in [1.29, 1.82) is 0 Å². The zero-order valence-corrected chi connectivity index (χ0v) is 10.1. The van der Waals surface area contributed by atoms with Gasteiger partial charge in [0.1, 0.15) is 0 Å². The van der Waals surface area contributed by atoms with Gasteiger partial charge in [-0.05, 0) is 36.1 Å². The van der Waals surface area contributed by atoms with Crippen LogP contribution in [0.1, 0.15) is 30.0 Å². The molecule has 1 rings (SSSR count). The minimum atomic E-state index is -0.908. The fourth-order valence-corrected chi connectivity index (χ4v) is 1.61. The van der Waals surface area contributed by atoms with Gasteiger partial charge >= 0.3 is 5.97 Å². The molecule has 0 radical (unpaired) electrons. The third kappa shape index (κ3) is 3.98. The molecule has 0 aliphatic carbocycles. The van der Waals surface area contributed by atoms with Crippen LogP contribution in [0.3, 0.4) is 0 Å². The highest BCUT2D eigenvalue weighted by atomic mass is 35.5. The normalized spacial score (nSPS) is 11.6. The highest BCUT2D eigenvalue weighted by Gasteiger charge is 2.12. The summed E-state index contributed by atoms with van der Waals surface area (Å²) in [5, 5.41) is 12.9. The number of nitrogens with zero attached hydrogens (tertiary/aromatic N) is 3. The molecule has 0 heterocycles. The van der Waals surface area contributed by atoms with Crippen molar-refractivity contribution in [1.82, 2.24) is 0 Å². The maximum Gasteiger partial charge on any atom is 0.303 e. The second-order valence-electron chi connectivity index (χ2n) is 3.66. The number of hydrogen-bond acceptors (Lipinski definition) is 2. The molecule has 1 unspecified atom stereocenters. The Balaban J connectivity index is 2.92. The second-order valence-corrected chi connectivity index (χ2v) is 4.07. The Labute approximate surface area is 104 Å². The van der Waals surface area contributed by atoms with Crippen molar-refractivity contribution in [3.63, 3.8) is 0 Å². The third-order valence-corrected chi connectivity index (χ3v) is 2.81. The fraction of sp³-hybridized carbons (Fsp3) is 0.364. The van der Waals surface area contributed by atoms with Crippen LogP contribution in [0.25, 0.3) is 10.4 Å². The number of halogens is 1. The van der Waals surface area contributed by atoms with Crippen LogP contribution in [-0.4, -0.2) is 11.1 Å². The van der Waals surface area contributed by atoms with Gasteiger partial charge in [0.25, 0.3) is 0 Å². The number of azide groups is 1. The lowest BCUT2D eigenvalue weighted by Gasteiger charge is -2.11.